The highest BCUT2D eigenvalue weighted by Gasteiger charge is 2.15. The van der Waals surface area contributed by atoms with E-state index in [2.05, 4.69) is 5.10 Å². The number of hydrogen-bond donors (Lipinski definition) is 2. The molecule has 7 nitrogen and oxygen atoms in total. The number of benzene rings is 2. The summed E-state index contributed by atoms with van der Waals surface area (Å²) in [4.78, 5) is 10.9. The van der Waals surface area contributed by atoms with Crippen molar-refractivity contribution in [1.82, 2.24) is 9.78 Å². The summed E-state index contributed by atoms with van der Waals surface area (Å²) in [5.74, 6) is 0.505. The molecule has 1 heterocycles. The van der Waals surface area contributed by atoms with E-state index in [9.17, 15) is 4.79 Å². The molecule has 134 valence electrons. The van der Waals surface area contributed by atoms with E-state index in [1.54, 1.807) is 42.5 Å². The van der Waals surface area contributed by atoms with Gasteiger partial charge in [-0.05, 0) is 30.3 Å². The van der Waals surface area contributed by atoms with Crippen LogP contribution < -0.4 is 9.47 Å². The molecule has 0 fully saturated rings. The summed E-state index contributed by atoms with van der Waals surface area (Å²) in [6.07, 6.45) is -1.45. The smallest absolute Gasteiger partial charge is 0.491 e. The summed E-state index contributed by atoms with van der Waals surface area (Å²) < 4.78 is 11.7. The Bertz CT molecular complexity index is 925. The van der Waals surface area contributed by atoms with E-state index in [1.807, 2.05) is 6.07 Å². The van der Waals surface area contributed by atoms with E-state index >= 15 is 0 Å². The zero-order valence-electron chi connectivity index (χ0n) is 13.5. The standard InChI is InChI=1S/C18H15ClN2O5/c19-13-4-2-5-14(10-13)21-16(11-17(20-21)26-18(23)24)12-3-1-6-15(9-12)25-8-7-22/h1-6,9-11,22H,7-8H2,(H,23,24). The summed E-state index contributed by atoms with van der Waals surface area (Å²) in [5.41, 5.74) is 1.97. The highest BCUT2D eigenvalue weighted by atomic mass is 35.5. The molecule has 0 aliphatic heterocycles. The molecule has 0 aliphatic rings. The number of hydrogen-bond acceptors (Lipinski definition) is 5. The molecule has 0 atom stereocenters. The van der Waals surface area contributed by atoms with Crippen molar-refractivity contribution in [1.29, 1.82) is 0 Å². The predicted molar refractivity (Wildman–Crippen MR) is 95.2 cm³/mol. The van der Waals surface area contributed by atoms with Crippen LogP contribution in [0.2, 0.25) is 5.02 Å². The van der Waals surface area contributed by atoms with E-state index in [0.717, 1.165) is 5.56 Å². The van der Waals surface area contributed by atoms with Crippen LogP contribution in [-0.4, -0.2) is 39.4 Å². The van der Waals surface area contributed by atoms with E-state index < -0.39 is 6.16 Å². The molecular weight excluding hydrogens is 360 g/mol. The Kier molecular flexibility index (Phi) is 5.40. The second kappa shape index (κ2) is 7.90. The Balaban J connectivity index is 2.07. The number of aliphatic hydroxyl groups excluding tert-OH is 1. The minimum Gasteiger partial charge on any atom is -0.491 e. The van der Waals surface area contributed by atoms with Gasteiger partial charge in [-0.1, -0.05) is 29.8 Å². The molecule has 0 aliphatic carbocycles. The second-order valence-corrected chi connectivity index (χ2v) is 5.66. The van der Waals surface area contributed by atoms with Gasteiger partial charge in [-0.2, -0.15) is 0 Å². The van der Waals surface area contributed by atoms with Crippen LogP contribution in [0.4, 0.5) is 4.79 Å². The minimum atomic E-state index is -1.45. The van der Waals surface area contributed by atoms with Crippen molar-refractivity contribution >= 4 is 17.8 Å². The van der Waals surface area contributed by atoms with Crippen LogP contribution in [0.25, 0.3) is 16.9 Å². The van der Waals surface area contributed by atoms with Crippen molar-refractivity contribution in [3.8, 4) is 28.6 Å². The molecule has 0 radical (unpaired) electrons. The molecule has 0 bridgehead atoms. The van der Waals surface area contributed by atoms with Crippen molar-refractivity contribution in [3.63, 3.8) is 0 Å². The van der Waals surface area contributed by atoms with Gasteiger partial charge in [0.25, 0.3) is 0 Å². The van der Waals surface area contributed by atoms with Gasteiger partial charge in [-0.25, -0.2) is 9.48 Å². The first-order valence-electron chi connectivity index (χ1n) is 7.67. The van der Waals surface area contributed by atoms with Gasteiger partial charge in [0.15, 0.2) is 0 Å². The van der Waals surface area contributed by atoms with Gasteiger partial charge in [0.1, 0.15) is 12.4 Å². The van der Waals surface area contributed by atoms with Crippen LogP contribution in [0.5, 0.6) is 11.6 Å². The van der Waals surface area contributed by atoms with E-state index in [-0.39, 0.29) is 19.1 Å². The first-order valence-corrected chi connectivity index (χ1v) is 8.05. The van der Waals surface area contributed by atoms with Gasteiger partial charge >= 0.3 is 6.16 Å². The van der Waals surface area contributed by atoms with Crippen molar-refractivity contribution in [2.75, 3.05) is 13.2 Å². The Morgan fingerprint density at radius 3 is 2.69 bits per heavy atom. The zero-order valence-corrected chi connectivity index (χ0v) is 14.3. The average Bonchev–Trinajstić information content (AvgIpc) is 3.03. The topological polar surface area (TPSA) is 93.8 Å². The maximum Gasteiger partial charge on any atom is 0.512 e. The normalized spacial score (nSPS) is 10.5. The molecule has 0 spiro atoms. The molecule has 0 saturated carbocycles. The fourth-order valence-corrected chi connectivity index (χ4v) is 2.60. The van der Waals surface area contributed by atoms with Gasteiger partial charge in [0, 0.05) is 16.7 Å². The van der Waals surface area contributed by atoms with Crippen molar-refractivity contribution in [2.45, 2.75) is 0 Å². The average molecular weight is 375 g/mol. The van der Waals surface area contributed by atoms with Crippen molar-refractivity contribution in [2.24, 2.45) is 0 Å². The third-order valence-corrected chi connectivity index (χ3v) is 3.66. The number of aromatic nitrogens is 2. The molecule has 2 N–H and O–H groups in total. The summed E-state index contributed by atoms with van der Waals surface area (Å²) in [5, 5.41) is 22.5. The third-order valence-electron chi connectivity index (χ3n) is 3.42. The highest BCUT2D eigenvalue weighted by molar-refractivity contribution is 6.30. The minimum absolute atomic E-state index is 0.0610. The predicted octanol–water partition coefficient (Wildman–Crippen LogP) is 3.62. The molecule has 26 heavy (non-hydrogen) atoms. The molecular formula is C18H15ClN2O5. The van der Waals surface area contributed by atoms with Gasteiger partial charge in [-0.3, -0.25) is 0 Å². The lowest BCUT2D eigenvalue weighted by molar-refractivity contribution is 0.142. The second-order valence-electron chi connectivity index (χ2n) is 5.23. The summed E-state index contributed by atoms with van der Waals surface area (Å²) >= 11 is 6.06. The first-order chi connectivity index (χ1) is 12.6. The van der Waals surface area contributed by atoms with Crippen LogP contribution in [-0.2, 0) is 0 Å². The van der Waals surface area contributed by atoms with Crippen molar-refractivity contribution < 1.29 is 24.5 Å². The highest BCUT2D eigenvalue weighted by Crippen LogP contribution is 2.30. The summed E-state index contributed by atoms with van der Waals surface area (Å²) in [6, 6.07) is 15.6. The lowest BCUT2D eigenvalue weighted by Crippen LogP contribution is -2.04. The van der Waals surface area contributed by atoms with Crippen LogP contribution in [0.15, 0.2) is 54.6 Å². The molecule has 1 aromatic heterocycles. The Morgan fingerprint density at radius 2 is 1.96 bits per heavy atom. The Hall–Kier alpha value is -3.03. The van der Waals surface area contributed by atoms with Crippen LogP contribution in [0.1, 0.15) is 0 Å². The van der Waals surface area contributed by atoms with Crippen molar-refractivity contribution in [3.05, 3.63) is 59.6 Å². The van der Waals surface area contributed by atoms with E-state index in [1.165, 1.54) is 10.7 Å². The molecule has 2 aromatic carbocycles. The molecule has 3 rings (SSSR count). The number of aliphatic hydroxyl groups is 1. The number of carboxylic acid groups (broad SMARTS) is 1. The number of carbonyl (C=O) groups is 1. The van der Waals surface area contributed by atoms with Gasteiger partial charge in [0.2, 0.25) is 5.88 Å². The fourth-order valence-electron chi connectivity index (χ4n) is 2.42. The monoisotopic (exact) mass is 374 g/mol. The number of nitrogens with zero attached hydrogens (tertiary/aromatic N) is 2. The number of halogens is 1. The first kappa shape index (κ1) is 17.8. The lowest BCUT2D eigenvalue weighted by atomic mass is 10.1. The lowest BCUT2D eigenvalue weighted by Gasteiger charge is -2.09. The summed E-state index contributed by atoms with van der Waals surface area (Å²) in [7, 11) is 0. The van der Waals surface area contributed by atoms with Crippen LogP contribution >= 0.6 is 11.6 Å². The van der Waals surface area contributed by atoms with Gasteiger partial charge in [-0.15, -0.1) is 5.10 Å². The van der Waals surface area contributed by atoms with E-state index in [0.29, 0.717) is 22.2 Å². The molecule has 3 aromatic rings. The summed E-state index contributed by atoms with van der Waals surface area (Å²) in [6.45, 7) is 0.0751. The largest absolute Gasteiger partial charge is 0.512 e. The SMILES string of the molecule is O=C(O)Oc1cc(-c2cccc(OCCO)c2)n(-c2cccc(Cl)c2)n1. The van der Waals surface area contributed by atoms with E-state index in [4.69, 9.17) is 31.3 Å². The molecule has 0 amide bonds. The number of ether oxygens (including phenoxy) is 2. The van der Waals surface area contributed by atoms with Crippen LogP contribution in [0, 0.1) is 0 Å². The third kappa shape index (κ3) is 4.14. The molecule has 0 saturated heterocycles. The van der Waals surface area contributed by atoms with Gasteiger partial charge < -0.3 is 19.7 Å². The molecule has 0 unspecified atom stereocenters. The van der Waals surface area contributed by atoms with Crippen LogP contribution in [0.3, 0.4) is 0 Å². The fraction of sp³-hybridized carbons (Fsp3) is 0.111. The maximum atomic E-state index is 10.9. The maximum absolute atomic E-state index is 10.9. The zero-order chi connectivity index (χ0) is 18.5. The number of rotatable bonds is 6. The Morgan fingerprint density at radius 1 is 1.15 bits per heavy atom. The Labute approximate surface area is 154 Å². The quantitative estimate of drug-likeness (QED) is 0.640. The molecule has 8 heteroatoms. The van der Waals surface area contributed by atoms with Gasteiger partial charge in [0.05, 0.1) is 18.0 Å².